The summed E-state index contributed by atoms with van der Waals surface area (Å²) in [5.41, 5.74) is 0.425. The van der Waals surface area contributed by atoms with E-state index in [-0.39, 0.29) is 18.0 Å². The van der Waals surface area contributed by atoms with Gasteiger partial charge in [0.25, 0.3) is 0 Å². The second-order valence-electron chi connectivity index (χ2n) is 5.04. The molecular weight excluding hydrogens is 325 g/mol. The molecule has 1 atom stereocenters. The van der Waals surface area contributed by atoms with E-state index in [9.17, 15) is 9.18 Å². The Balaban J connectivity index is 1.97. The van der Waals surface area contributed by atoms with E-state index in [0.29, 0.717) is 23.2 Å². The number of rotatable bonds is 5. The van der Waals surface area contributed by atoms with Crippen molar-refractivity contribution in [1.29, 1.82) is 0 Å². The minimum absolute atomic E-state index is 0.0491. The molecular formula is C15H19BrFNO2. The van der Waals surface area contributed by atoms with Crippen LogP contribution in [0.5, 0.6) is 0 Å². The molecule has 1 aromatic carbocycles. The maximum Gasteiger partial charge on any atom is 0.167 e. The van der Waals surface area contributed by atoms with Gasteiger partial charge in [0, 0.05) is 24.0 Å². The second-order valence-corrected chi connectivity index (χ2v) is 5.95. The Kier molecular flexibility index (Phi) is 5.69. The molecule has 1 aliphatic heterocycles. The lowest BCUT2D eigenvalue weighted by Crippen LogP contribution is -2.46. The minimum Gasteiger partial charge on any atom is -0.368 e. The van der Waals surface area contributed by atoms with Gasteiger partial charge >= 0.3 is 0 Å². The van der Waals surface area contributed by atoms with Crippen LogP contribution in [0, 0.1) is 5.82 Å². The highest BCUT2D eigenvalue weighted by molar-refractivity contribution is 9.10. The number of ether oxygens (including phenoxy) is 1. The van der Waals surface area contributed by atoms with Crippen molar-refractivity contribution in [2.45, 2.75) is 25.9 Å². The number of Topliss-reactive ketones (excluding diaryl/α,β-unsaturated/α-hetero) is 1. The summed E-state index contributed by atoms with van der Waals surface area (Å²) in [6.45, 7) is 5.14. The Morgan fingerprint density at radius 3 is 3.05 bits per heavy atom. The van der Waals surface area contributed by atoms with Gasteiger partial charge in [-0.25, -0.2) is 4.39 Å². The lowest BCUT2D eigenvalue weighted by molar-refractivity contribution is -0.135. The third kappa shape index (κ3) is 4.11. The van der Waals surface area contributed by atoms with Crippen molar-refractivity contribution in [1.82, 2.24) is 4.90 Å². The van der Waals surface area contributed by atoms with Gasteiger partial charge in [-0.3, -0.25) is 9.69 Å². The van der Waals surface area contributed by atoms with Crippen LogP contribution in [0.25, 0.3) is 0 Å². The lowest BCUT2D eigenvalue weighted by Gasteiger charge is -2.31. The van der Waals surface area contributed by atoms with Crippen molar-refractivity contribution < 1.29 is 13.9 Å². The van der Waals surface area contributed by atoms with Crippen LogP contribution in [0.3, 0.4) is 0 Å². The van der Waals surface area contributed by atoms with E-state index in [1.165, 1.54) is 6.07 Å². The number of hydrogen-bond donors (Lipinski definition) is 0. The van der Waals surface area contributed by atoms with Crippen molar-refractivity contribution in [2.24, 2.45) is 0 Å². The first-order valence-electron chi connectivity index (χ1n) is 6.90. The number of carbonyl (C=O) groups excluding carboxylic acids is 1. The van der Waals surface area contributed by atoms with E-state index in [0.717, 1.165) is 19.5 Å². The molecule has 0 aliphatic carbocycles. The largest absolute Gasteiger partial charge is 0.368 e. The Morgan fingerprint density at radius 1 is 1.55 bits per heavy atom. The molecule has 1 heterocycles. The summed E-state index contributed by atoms with van der Waals surface area (Å²) in [5.74, 6) is -0.402. The molecule has 1 saturated heterocycles. The fourth-order valence-corrected chi connectivity index (χ4v) is 2.72. The molecule has 5 heteroatoms. The molecule has 1 fully saturated rings. The van der Waals surface area contributed by atoms with Gasteiger partial charge in [0.05, 0.1) is 6.61 Å². The summed E-state index contributed by atoms with van der Waals surface area (Å²) in [6, 6.07) is 4.77. The predicted octanol–water partition coefficient (Wildman–Crippen LogP) is 2.81. The standard InChI is InChI=1S/C15H19BrFNO2/c1-2-5-18-6-7-20-15(10-18)14(19)8-11-3-4-12(16)9-13(11)17/h3-4,9,15H,2,5-8,10H2,1H3. The molecule has 110 valence electrons. The Bertz CT molecular complexity index is 479. The van der Waals surface area contributed by atoms with Crippen LogP contribution in [0.15, 0.2) is 22.7 Å². The van der Waals surface area contributed by atoms with Crippen LogP contribution in [0.1, 0.15) is 18.9 Å². The topological polar surface area (TPSA) is 29.5 Å². The highest BCUT2D eigenvalue weighted by Crippen LogP contribution is 2.17. The first kappa shape index (κ1) is 15.6. The Labute approximate surface area is 127 Å². The molecule has 2 rings (SSSR count). The molecule has 0 radical (unpaired) electrons. The van der Waals surface area contributed by atoms with E-state index >= 15 is 0 Å². The second kappa shape index (κ2) is 7.29. The van der Waals surface area contributed by atoms with Gasteiger partial charge in [0.15, 0.2) is 5.78 Å². The van der Waals surface area contributed by atoms with Gasteiger partial charge in [-0.1, -0.05) is 28.9 Å². The molecule has 0 saturated carbocycles. The van der Waals surface area contributed by atoms with Gasteiger partial charge in [0.1, 0.15) is 11.9 Å². The van der Waals surface area contributed by atoms with E-state index in [2.05, 4.69) is 27.8 Å². The lowest BCUT2D eigenvalue weighted by atomic mass is 10.0. The number of carbonyl (C=O) groups is 1. The predicted molar refractivity (Wildman–Crippen MR) is 79.3 cm³/mol. The average molecular weight is 344 g/mol. The van der Waals surface area contributed by atoms with Crippen LogP contribution in [0.2, 0.25) is 0 Å². The summed E-state index contributed by atoms with van der Waals surface area (Å²) < 4.78 is 19.9. The van der Waals surface area contributed by atoms with Crippen molar-refractivity contribution in [3.63, 3.8) is 0 Å². The van der Waals surface area contributed by atoms with Crippen molar-refractivity contribution in [3.8, 4) is 0 Å². The number of benzene rings is 1. The fourth-order valence-electron chi connectivity index (χ4n) is 2.38. The first-order chi connectivity index (χ1) is 9.60. The molecule has 1 unspecified atom stereocenters. The van der Waals surface area contributed by atoms with E-state index in [4.69, 9.17) is 4.74 Å². The molecule has 0 bridgehead atoms. The molecule has 0 amide bonds. The molecule has 0 spiro atoms. The molecule has 1 aliphatic rings. The SMILES string of the molecule is CCCN1CCOC(C(=O)Cc2ccc(Br)cc2F)C1. The zero-order chi connectivity index (χ0) is 14.5. The molecule has 3 nitrogen and oxygen atoms in total. The van der Waals surface area contributed by atoms with Gasteiger partial charge in [0.2, 0.25) is 0 Å². The molecule has 0 N–H and O–H groups in total. The van der Waals surface area contributed by atoms with E-state index < -0.39 is 6.10 Å². The van der Waals surface area contributed by atoms with Gasteiger partial charge in [-0.2, -0.15) is 0 Å². The van der Waals surface area contributed by atoms with Crippen LogP contribution in [0.4, 0.5) is 4.39 Å². The van der Waals surface area contributed by atoms with E-state index in [1.54, 1.807) is 12.1 Å². The summed E-state index contributed by atoms with van der Waals surface area (Å²) >= 11 is 3.21. The maximum absolute atomic E-state index is 13.7. The third-order valence-electron chi connectivity index (χ3n) is 3.43. The summed E-state index contributed by atoms with van der Waals surface area (Å²) in [6.07, 6.45) is 0.713. The van der Waals surface area contributed by atoms with Crippen LogP contribution in [-0.4, -0.2) is 43.0 Å². The number of ketones is 1. The Hall–Kier alpha value is -0.780. The maximum atomic E-state index is 13.7. The van der Waals surface area contributed by atoms with E-state index in [1.807, 2.05) is 0 Å². The third-order valence-corrected chi connectivity index (χ3v) is 3.92. The molecule has 1 aromatic rings. The Morgan fingerprint density at radius 2 is 2.35 bits per heavy atom. The minimum atomic E-state index is -0.432. The van der Waals surface area contributed by atoms with Crippen LogP contribution >= 0.6 is 15.9 Å². The monoisotopic (exact) mass is 343 g/mol. The van der Waals surface area contributed by atoms with Gasteiger partial charge < -0.3 is 4.74 Å². The number of nitrogens with zero attached hydrogens (tertiary/aromatic N) is 1. The molecule has 20 heavy (non-hydrogen) atoms. The first-order valence-corrected chi connectivity index (χ1v) is 7.70. The quantitative estimate of drug-likeness (QED) is 0.823. The zero-order valence-electron chi connectivity index (χ0n) is 11.6. The van der Waals surface area contributed by atoms with Gasteiger partial charge in [-0.05, 0) is 30.7 Å². The van der Waals surface area contributed by atoms with Crippen molar-refractivity contribution >= 4 is 21.7 Å². The average Bonchev–Trinajstić information content (AvgIpc) is 2.42. The highest BCUT2D eigenvalue weighted by atomic mass is 79.9. The summed E-state index contributed by atoms with van der Waals surface area (Å²) in [5, 5.41) is 0. The van der Waals surface area contributed by atoms with Crippen LogP contribution < -0.4 is 0 Å². The number of hydrogen-bond acceptors (Lipinski definition) is 3. The number of halogens is 2. The zero-order valence-corrected chi connectivity index (χ0v) is 13.2. The van der Waals surface area contributed by atoms with Crippen LogP contribution in [-0.2, 0) is 16.0 Å². The highest BCUT2D eigenvalue weighted by Gasteiger charge is 2.26. The fraction of sp³-hybridized carbons (Fsp3) is 0.533. The smallest absolute Gasteiger partial charge is 0.167 e. The van der Waals surface area contributed by atoms with Crippen molar-refractivity contribution in [3.05, 3.63) is 34.1 Å². The number of morpholine rings is 1. The molecule has 0 aromatic heterocycles. The van der Waals surface area contributed by atoms with Crippen molar-refractivity contribution in [2.75, 3.05) is 26.2 Å². The van der Waals surface area contributed by atoms with Gasteiger partial charge in [-0.15, -0.1) is 0 Å². The summed E-state index contributed by atoms with van der Waals surface area (Å²) in [7, 11) is 0. The summed E-state index contributed by atoms with van der Waals surface area (Å²) in [4.78, 5) is 14.5. The normalized spacial score (nSPS) is 20.1.